The van der Waals surface area contributed by atoms with Crippen molar-refractivity contribution in [2.75, 3.05) is 0 Å². The van der Waals surface area contributed by atoms with E-state index >= 15 is 0 Å². The molecule has 0 amide bonds. The maximum atomic E-state index is 13.2. The third kappa shape index (κ3) is 3.14. The summed E-state index contributed by atoms with van der Waals surface area (Å²) in [5.74, 6) is -1.33. The van der Waals surface area contributed by atoms with Crippen LogP contribution >= 0.6 is 11.6 Å². The number of benzene rings is 1. The minimum atomic E-state index is -4.55. The maximum absolute atomic E-state index is 13.2. The highest BCUT2D eigenvalue weighted by Gasteiger charge is 2.31. The first-order valence-corrected chi connectivity index (χ1v) is 5.32. The molecule has 1 aromatic heterocycles. The SMILES string of the molecule is Fc1[c]cccc1Oc1ncc(C(F)(F)F)cc1Cl. The first kappa shape index (κ1) is 13.6. The quantitative estimate of drug-likeness (QED) is 0.761. The normalized spacial score (nSPS) is 11.4. The van der Waals surface area contributed by atoms with Crippen molar-refractivity contribution < 1.29 is 22.3 Å². The van der Waals surface area contributed by atoms with E-state index < -0.39 is 17.6 Å². The Hall–Kier alpha value is -1.82. The molecule has 1 radical (unpaired) electrons. The van der Waals surface area contributed by atoms with Crippen LogP contribution in [0.4, 0.5) is 17.6 Å². The van der Waals surface area contributed by atoms with Crippen molar-refractivity contribution in [1.82, 2.24) is 4.98 Å². The summed E-state index contributed by atoms with van der Waals surface area (Å²) in [5, 5.41) is -0.363. The molecule has 0 aliphatic heterocycles. The van der Waals surface area contributed by atoms with Crippen molar-refractivity contribution in [2.24, 2.45) is 0 Å². The van der Waals surface area contributed by atoms with Crippen molar-refractivity contribution in [3.63, 3.8) is 0 Å². The Bertz CT molecular complexity index is 601. The number of pyridine rings is 1. The monoisotopic (exact) mass is 290 g/mol. The Morgan fingerprint density at radius 2 is 2.05 bits per heavy atom. The van der Waals surface area contributed by atoms with Gasteiger partial charge in [-0.3, -0.25) is 0 Å². The smallest absolute Gasteiger partial charge is 0.417 e. The molecule has 0 fully saturated rings. The lowest BCUT2D eigenvalue weighted by Gasteiger charge is -2.10. The first-order valence-electron chi connectivity index (χ1n) is 4.95. The predicted octanol–water partition coefficient (Wildman–Crippen LogP) is 4.49. The average molecular weight is 291 g/mol. The lowest BCUT2D eigenvalue weighted by molar-refractivity contribution is -0.137. The predicted molar refractivity (Wildman–Crippen MR) is 59.6 cm³/mol. The van der Waals surface area contributed by atoms with Crippen LogP contribution < -0.4 is 4.74 Å². The molecule has 0 saturated carbocycles. The Labute approximate surface area is 110 Å². The highest BCUT2D eigenvalue weighted by Crippen LogP contribution is 2.34. The molecule has 0 atom stereocenters. The Morgan fingerprint density at radius 3 is 2.63 bits per heavy atom. The molecule has 0 saturated heterocycles. The van der Waals surface area contributed by atoms with Gasteiger partial charge in [0.15, 0.2) is 11.6 Å². The van der Waals surface area contributed by atoms with Crippen molar-refractivity contribution in [3.8, 4) is 11.6 Å². The highest BCUT2D eigenvalue weighted by atomic mass is 35.5. The molecule has 1 heterocycles. The molecule has 2 nitrogen and oxygen atoms in total. The van der Waals surface area contributed by atoms with E-state index in [4.69, 9.17) is 16.3 Å². The molecule has 0 bridgehead atoms. The van der Waals surface area contributed by atoms with Gasteiger partial charge in [0.2, 0.25) is 5.88 Å². The largest absolute Gasteiger partial charge is 0.434 e. The van der Waals surface area contributed by atoms with Gasteiger partial charge in [0.25, 0.3) is 0 Å². The Balaban J connectivity index is 2.30. The zero-order chi connectivity index (χ0) is 14.0. The molecule has 0 unspecified atom stereocenters. The van der Waals surface area contributed by atoms with E-state index in [1.54, 1.807) is 0 Å². The number of hydrogen-bond donors (Lipinski definition) is 0. The number of nitrogens with zero attached hydrogens (tertiary/aromatic N) is 1. The molecule has 99 valence electrons. The summed E-state index contributed by atoms with van der Waals surface area (Å²) >= 11 is 5.62. The minimum absolute atomic E-state index is 0.225. The number of rotatable bonds is 2. The summed E-state index contributed by atoms with van der Waals surface area (Å²) in [6.07, 6.45) is -3.99. The van der Waals surface area contributed by atoms with Crippen molar-refractivity contribution >= 4 is 11.6 Å². The van der Waals surface area contributed by atoms with Gasteiger partial charge < -0.3 is 4.74 Å². The van der Waals surface area contributed by atoms with Crippen LogP contribution in [-0.4, -0.2) is 4.98 Å². The zero-order valence-corrected chi connectivity index (χ0v) is 9.89. The molecule has 7 heteroatoms. The number of alkyl halides is 3. The molecule has 2 aromatic rings. The van der Waals surface area contributed by atoms with Gasteiger partial charge in [0, 0.05) is 12.3 Å². The van der Waals surface area contributed by atoms with Gasteiger partial charge in [-0.1, -0.05) is 23.7 Å². The Morgan fingerprint density at radius 1 is 1.32 bits per heavy atom. The first-order chi connectivity index (χ1) is 8.88. The van der Waals surface area contributed by atoms with E-state index in [-0.39, 0.29) is 16.7 Å². The van der Waals surface area contributed by atoms with Crippen molar-refractivity contribution in [2.45, 2.75) is 6.18 Å². The molecule has 0 aliphatic rings. The number of aromatic nitrogens is 1. The Kier molecular flexibility index (Phi) is 3.61. The second-order valence-corrected chi connectivity index (χ2v) is 3.87. The maximum Gasteiger partial charge on any atom is 0.417 e. The zero-order valence-electron chi connectivity index (χ0n) is 9.13. The van der Waals surface area contributed by atoms with E-state index in [0.29, 0.717) is 12.3 Å². The van der Waals surface area contributed by atoms with Crippen LogP contribution in [0.1, 0.15) is 5.56 Å². The topological polar surface area (TPSA) is 22.1 Å². The molecule has 0 N–H and O–H groups in total. The van der Waals surface area contributed by atoms with Crippen LogP contribution in [0, 0.1) is 11.9 Å². The van der Waals surface area contributed by atoms with E-state index in [1.807, 2.05) is 0 Å². The van der Waals surface area contributed by atoms with Crippen LogP contribution in [0.5, 0.6) is 11.6 Å². The van der Waals surface area contributed by atoms with Gasteiger partial charge in [-0.05, 0) is 12.1 Å². The molecule has 19 heavy (non-hydrogen) atoms. The third-order valence-electron chi connectivity index (χ3n) is 2.11. The summed E-state index contributed by atoms with van der Waals surface area (Å²) < 4.78 is 55.4. The van der Waals surface area contributed by atoms with Gasteiger partial charge in [-0.2, -0.15) is 13.2 Å². The fourth-order valence-electron chi connectivity index (χ4n) is 1.24. The lowest BCUT2D eigenvalue weighted by atomic mass is 10.3. The number of halogens is 5. The van der Waals surface area contributed by atoms with Gasteiger partial charge in [0.1, 0.15) is 5.02 Å². The van der Waals surface area contributed by atoms with Crippen molar-refractivity contribution in [3.05, 3.63) is 52.9 Å². The van der Waals surface area contributed by atoms with E-state index in [0.717, 1.165) is 0 Å². The lowest BCUT2D eigenvalue weighted by Crippen LogP contribution is -2.05. The van der Waals surface area contributed by atoms with E-state index in [1.165, 1.54) is 18.2 Å². The minimum Gasteiger partial charge on any atom is -0.434 e. The molecule has 0 spiro atoms. The highest BCUT2D eigenvalue weighted by molar-refractivity contribution is 6.31. The summed E-state index contributed by atoms with van der Waals surface area (Å²) in [7, 11) is 0. The molecule has 2 rings (SSSR count). The van der Waals surface area contributed by atoms with E-state index in [2.05, 4.69) is 11.1 Å². The fraction of sp³-hybridized carbons (Fsp3) is 0.0833. The second kappa shape index (κ2) is 5.05. The summed E-state index contributed by atoms with van der Waals surface area (Å²) in [6.45, 7) is 0. The van der Waals surface area contributed by atoms with E-state index in [9.17, 15) is 17.6 Å². The summed E-state index contributed by atoms with van der Waals surface area (Å²) in [4.78, 5) is 3.43. The number of ether oxygens (including phenoxy) is 1. The summed E-state index contributed by atoms with van der Waals surface area (Å²) in [5.41, 5.74) is -1.01. The van der Waals surface area contributed by atoms with Crippen LogP contribution in [-0.2, 0) is 6.18 Å². The molecular weight excluding hydrogens is 286 g/mol. The van der Waals surface area contributed by atoms with Crippen LogP contribution in [0.15, 0.2) is 30.5 Å². The fourth-order valence-corrected chi connectivity index (χ4v) is 1.44. The molecular formula is C12H5ClF4NO. The second-order valence-electron chi connectivity index (χ2n) is 3.46. The summed E-state index contributed by atoms with van der Waals surface area (Å²) in [6, 6.07) is 6.95. The van der Waals surface area contributed by atoms with Gasteiger partial charge in [0.05, 0.1) is 5.56 Å². The number of hydrogen-bond acceptors (Lipinski definition) is 2. The standard InChI is InChI=1S/C12H5ClF4NO/c13-8-5-7(12(15,16)17)6-18-11(8)19-10-4-2-1-3-9(10)14/h1-2,4-6H. The van der Waals surface area contributed by atoms with Crippen LogP contribution in [0.25, 0.3) is 0 Å². The van der Waals surface area contributed by atoms with Crippen molar-refractivity contribution in [1.29, 1.82) is 0 Å². The average Bonchev–Trinajstić information content (AvgIpc) is 2.33. The molecule has 0 aliphatic carbocycles. The van der Waals surface area contributed by atoms with Gasteiger partial charge in [-0.15, -0.1) is 0 Å². The third-order valence-corrected chi connectivity index (χ3v) is 2.38. The molecule has 1 aromatic carbocycles. The van der Waals surface area contributed by atoms with Gasteiger partial charge in [-0.25, -0.2) is 9.37 Å². The van der Waals surface area contributed by atoms with Gasteiger partial charge >= 0.3 is 6.18 Å². The van der Waals surface area contributed by atoms with Crippen LogP contribution in [0.3, 0.4) is 0 Å². The van der Waals surface area contributed by atoms with Crippen LogP contribution in [0.2, 0.25) is 5.02 Å².